The normalized spacial score (nSPS) is 29.5. The van der Waals surface area contributed by atoms with Gasteiger partial charge in [-0.3, -0.25) is 10.1 Å². The highest BCUT2D eigenvalue weighted by Gasteiger charge is 2.40. The lowest BCUT2D eigenvalue weighted by Crippen LogP contribution is -2.30. The lowest BCUT2D eigenvalue weighted by atomic mass is 9.95. The predicted molar refractivity (Wildman–Crippen MR) is 75.7 cm³/mol. The van der Waals surface area contributed by atoms with Crippen LogP contribution in [0.5, 0.6) is 0 Å². The minimum absolute atomic E-state index is 0.158. The number of fused-ring (bicyclic) bond motifs is 2. The molecule has 3 unspecified atom stereocenters. The van der Waals surface area contributed by atoms with Gasteiger partial charge in [0, 0.05) is 11.8 Å². The topological polar surface area (TPSA) is 64.4 Å². The molecule has 3 rings (SSSR count). The van der Waals surface area contributed by atoms with Crippen molar-refractivity contribution >= 4 is 34.0 Å². The van der Waals surface area contributed by atoms with Crippen LogP contribution in [-0.4, -0.2) is 23.2 Å². The van der Waals surface area contributed by atoms with Gasteiger partial charge in [0.15, 0.2) is 0 Å². The zero-order chi connectivity index (χ0) is 12.7. The minimum atomic E-state index is -0.355. The lowest BCUT2D eigenvalue weighted by Gasteiger charge is -2.21. The van der Waals surface area contributed by atoms with E-state index < -0.39 is 0 Å². The third kappa shape index (κ3) is 2.18. The zero-order valence-electron chi connectivity index (χ0n) is 9.64. The van der Waals surface area contributed by atoms with Gasteiger partial charge in [0.05, 0.1) is 26.7 Å². The number of rotatable bonds is 3. The molecule has 96 valence electrons. The first-order chi connectivity index (χ1) is 8.63. The molecule has 5 nitrogen and oxygen atoms in total. The Hall–Kier alpha value is -0.890. The fourth-order valence-electron chi connectivity index (χ4n) is 2.75. The van der Waals surface area contributed by atoms with Gasteiger partial charge < -0.3 is 10.1 Å². The van der Waals surface area contributed by atoms with Gasteiger partial charge in [-0.05, 0) is 54.0 Å². The number of anilines is 1. The van der Waals surface area contributed by atoms with Crippen molar-refractivity contribution in [1.29, 1.82) is 0 Å². The molecule has 6 heteroatoms. The molecule has 2 bridgehead atoms. The van der Waals surface area contributed by atoms with Gasteiger partial charge in [-0.25, -0.2) is 0 Å². The Morgan fingerprint density at radius 3 is 2.83 bits per heavy atom. The van der Waals surface area contributed by atoms with Gasteiger partial charge in [0.25, 0.3) is 5.69 Å². The van der Waals surface area contributed by atoms with Crippen LogP contribution in [0.1, 0.15) is 19.3 Å². The summed E-state index contributed by atoms with van der Waals surface area (Å²) in [5.41, 5.74) is 1.09. The summed E-state index contributed by atoms with van der Waals surface area (Å²) in [6.45, 7) is 0. The third-order valence-corrected chi connectivity index (χ3v) is 4.47. The summed E-state index contributed by atoms with van der Waals surface area (Å²) in [5.74, 6) is 0. The molecule has 2 aliphatic rings. The fraction of sp³-hybridized carbons (Fsp3) is 0.500. The predicted octanol–water partition coefficient (Wildman–Crippen LogP) is 2.93. The Labute approximate surface area is 118 Å². The number of halogens is 1. The number of hydrogen-bond acceptors (Lipinski definition) is 4. The SMILES string of the molecule is O=[N+]([O-])c1ccc(NC2CC3CCC2O3)cc1I. The summed E-state index contributed by atoms with van der Waals surface area (Å²) in [5, 5.41) is 14.2. The Balaban J connectivity index is 1.74. The second-order valence-corrected chi connectivity index (χ2v) is 5.95. The highest BCUT2D eigenvalue weighted by Crippen LogP contribution is 2.36. The number of benzene rings is 1. The van der Waals surface area contributed by atoms with Crippen LogP contribution in [-0.2, 0) is 4.74 Å². The molecule has 2 aliphatic heterocycles. The molecule has 0 aromatic heterocycles. The van der Waals surface area contributed by atoms with Crippen molar-refractivity contribution in [2.24, 2.45) is 0 Å². The smallest absolute Gasteiger partial charge is 0.282 e. The van der Waals surface area contributed by atoms with Gasteiger partial charge in [0.1, 0.15) is 0 Å². The molecule has 1 aromatic rings. The monoisotopic (exact) mass is 360 g/mol. The van der Waals surface area contributed by atoms with Gasteiger partial charge in [-0.15, -0.1) is 0 Å². The van der Waals surface area contributed by atoms with Gasteiger partial charge in [-0.2, -0.15) is 0 Å². The minimum Gasteiger partial charge on any atom is -0.380 e. The fourth-order valence-corrected chi connectivity index (χ4v) is 3.46. The van der Waals surface area contributed by atoms with E-state index >= 15 is 0 Å². The Morgan fingerprint density at radius 2 is 2.28 bits per heavy atom. The molecule has 1 N–H and O–H groups in total. The average Bonchev–Trinajstić information content (AvgIpc) is 2.90. The van der Waals surface area contributed by atoms with Crippen LogP contribution < -0.4 is 5.32 Å². The van der Waals surface area contributed by atoms with E-state index in [1.165, 1.54) is 6.42 Å². The van der Waals surface area contributed by atoms with Crippen LogP contribution in [0.25, 0.3) is 0 Å². The largest absolute Gasteiger partial charge is 0.380 e. The number of hydrogen-bond donors (Lipinski definition) is 1. The van der Waals surface area contributed by atoms with E-state index in [0.717, 1.165) is 18.5 Å². The third-order valence-electron chi connectivity index (χ3n) is 3.60. The zero-order valence-corrected chi connectivity index (χ0v) is 11.8. The molecule has 3 atom stereocenters. The van der Waals surface area contributed by atoms with Crippen LogP contribution in [0.4, 0.5) is 11.4 Å². The first kappa shape index (κ1) is 12.2. The van der Waals surface area contributed by atoms with Crippen molar-refractivity contribution in [2.45, 2.75) is 37.5 Å². The van der Waals surface area contributed by atoms with E-state index in [1.54, 1.807) is 12.1 Å². The molecular weight excluding hydrogens is 347 g/mol. The van der Waals surface area contributed by atoms with Crippen molar-refractivity contribution in [3.63, 3.8) is 0 Å². The summed E-state index contributed by atoms with van der Waals surface area (Å²) >= 11 is 2.00. The molecule has 2 heterocycles. The molecule has 0 aliphatic carbocycles. The van der Waals surface area contributed by atoms with Crippen LogP contribution in [0, 0.1) is 13.7 Å². The second kappa shape index (κ2) is 4.65. The molecule has 2 saturated heterocycles. The first-order valence-electron chi connectivity index (χ1n) is 5.99. The standard InChI is InChI=1S/C12H13IN2O3/c13-9-5-7(1-3-11(9)15(16)17)14-10-6-8-2-4-12(10)18-8/h1,3,5,8,10,12,14H,2,4,6H2. The maximum atomic E-state index is 10.7. The molecule has 0 saturated carbocycles. The maximum Gasteiger partial charge on any atom is 0.282 e. The van der Waals surface area contributed by atoms with Crippen LogP contribution in [0.2, 0.25) is 0 Å². The lowest BCUT2D eigenvalue weighted by molar-refractivity contribution is -0.385. The highest BCUT2D eigenvalue weighted by molar-refractivity contribution is 14.1. The van der Waals surface area contributed by atoms with E-state index in [4.69, 9.17) is 4.74 Å². The number of ether oxygens (including phenoxy) is 1. The summed E-state index contributed by atoms with van der Waals surface area (Å²) in [7, 11) is 0. The van der Waals surface area contributed by atoms with Gasteiger partial charge in [0.2, 0.25) is 0 Å². The second-order valence-electron chi connectivity index (χ2n) is 4.78. The summed E-state index contributed by atoms with van der Waals surface area (Å²) in [6, 6.07) is 5.50. The molecule has 0 spiro atoms. The summed E-state index contributed by atoms with van der Waals surface area (Å²) in [4.78, 5) is 10.4. The maximum absolute atomic E-state index is 10.7. The molecule has 0 radical (unpaired) electrons. The van der Waals surface area contributed by atoms with E-state index in [9.17, 15) is 10.1 Å². The van der Waals surface area contributed by atoms with Gasteiger partial charge in [-0.1, -0.05) is 0 Å². The summed E-state index contributed by atoms with van der Waals surface area (Å²) in [6.07, 6.45) is 4.04. The van der Waals surface area contributed by atoms with Crippen molar-refractivity contribution in [2.75, 3.05) is 5.32 Å². The van der Waals surface area contributed by atoms with E-state index in [0.29, 0.717) is 21.8 Å². The van der Waals surface area contributed by atoms with Crippen molar-refractivity contribution in [3.8, 4) is 0 Å². The van der Waals surface area contributed by atoms with Crippen molar-refractivity contribution in [1.82, 2.24) is 0 Å². The average molecular weight is 360 g/mol. The van der Waals surface area contributed by atoms with Crippen molar-refractivity contribution < 1.29 is 9.66 Å². The van der Waals surface area contributed by atoms with Gasteiger partial charge >= 0.3 is 0 Å². The number of nitrogens with one attached hydrogen (secondary N) is 1. The number of nitro groups is 1. The quantitative estimate of drug-likeness (QED) is 0.512. The van der Waals surface area contributed by atoms with Crippen molar-refractivity contribution in [3.05, 3.63) is 31.9 Å². The Morgan fingerprint density at radius 1 is 1.44 bits per heavy atom. The van der Waals surface area contributed by atoms with Crippen LogP contribution >= 0.6 is 22.6 Å². The van der Waals surface area contributed by atoms with Crippen LogP contribution in [0.3, 0.4) is 0 Å². The Kier molecular flexibility index (Phi) is 3.14. The highest BCUT2D eigenvalue weighted by atomic mass is 127. The molecule has 2 fully saturated rings. The number of nitrogens with zero attached hydrogens (tertiary/aromatic N) is 1. The first-order valence-corrected chi connectivity index (χ1v) is 7.07. The van der Waals surface area contributed by atoms with E-state index in [1.807, 2.05) is 28.7 Å². The van der Waals surface area contributed by atoms with E-state index in [2.05, 4.69) is 5.32 Å². The molecule has 0 amide bonds. The number of nitro benzene ring substituents is 1. The van der Waals surface area contributed by atoms with Crippen LogP contribution in [0.15, 0.2) is 18.2 Å². The molecular formula is C12H13IN2O3. The molecule has 18 heavy (non-hydrogen) atoms. The van der Waals surface area contributed by atoms with E-state index in [-0.39, 0.29) is 10.6 Å². The molecule has 1 aromatic carbocycles. The Bertz CT molecular complexity index is 494. The summed E-state index contributed by atoms with van der Waals surface area (Å²) < 4.78 is 6.44.